The highest BCUT2D eigenvalue weighted by atomic mass is 35.5. The van der Waals surface area contributed by atoms with Crippen LogP contribution in [0.3, 0.4) is 0 Å². The molecule has 0 bridgehead atoms. The number of morpholine rings is 1. The minimum absolute atomic E-state index is 0.0998. The van der Waals surface area contributed by atoms with Gasteiger partial charge in [0.1, 0.15) is 5.82 Å². The molecule has 6 nitrogen and oxygen atoms in total. The van der Waals surface area contributed by atoms with Crippen LogP contribution in [0.15, 0.2) is 42.5 Å². The Labute approximate surface area is 196 Å². The molecule has 0 saturated carbocycles. The van der Waals surface area contributed by atoms with E-state index in [1.807, 2.05) is 0 Å². The number of ether oxygens (including phenoxy) is 1. The van der Waals surface area contributed by atoms with Crippen molar-refractivity contribution in [3.05, 3.63) is 69.5 Å². The fourth-order valence-electron chi connectivity index (χ4n) is 4.05. The Bertz CT molecular complexity index is 998. The third-order valence-electron chi connectivity index (χ3n) is 5.82. The van der Waals surface area contributed by atoms with Crippen molar-refractivity contribution in [2.45, 2.75) is 6.10 Å². The molecule has 32 heavy (non-hydrogen) atoms. The summed E-state index contributed by atoms with van der Waals surface area (Å²) in [5.74, 6) is -0.880. The molecule has 0 N–H and O–H groups in total. The number of rotatable bonds is 4. The van der Waals surface area contributed by atoms with Gasteiger partial charge >= 0.3 is 0 Å². The molecule has 0 aromatic heterocycles. The molecule has 2 aliphatic heterocycles. The Hall–Kier alpha value is -2.19. The maximum atomic E-state index is 13.9. The molecule has 170 valence electrons. The van der Waals surface area contributed by atoms with E-state index in [0.29, 0.717) is 68.0 Å². The monoisotopic (exact) mass is 479 g/mol. The van der Waals surface area contributed by atoms with Gasteiger partial charge in [-0.05, 0) is 30.3 Å². The van der Waals surface area contributed by atoms with Gasteiger partial charge in [-0.25, -0.2) is 4.39 Å². The first kappa shape index (κ1) is 23.0. The second-order valence-electron chi connectivity index (χ2n) is 7.95. The van der Waals surface area contributed by atoms with E-state index in [1.54, 1.807) is 40.1 Å². The molecule has 0 radical (unpaired) electrons. The lowest BCUT2D eigenvalue weighted by Crippen LogP contribution is -2.54. The van der Waals surface area contributed by atoms with Crippen molar-refractivity contribution in [2.75, 3.05) is 52.4 Å². The Morgan fingerprint density at radius 2 is 1.69 bits per heavy atom. The van der Waals surface area contributed by atoms with Crippen molar-refractivity contribution in [1.29, 1.82) is 0 Å². The van der Waals surface area contributed by atoms with Crippen LogP contribution in [0.4, 0.5) is 4.39 Å². The normalized spacial score (nSPS) is 19.8. The largest absolute Gasteiger partial charge is 0.373 e. The molecule has 2 fully saturated rings. The average Bonchev–Trinajstić information content (AvgIpc) is 2.81. The number of halogens is 3. The van der Waals surface area contributed by atoms with E-state index in [1.165, 1.54) is 12.1 Å². The lowest BCUT2D eigenvalue weighted by molar-refractivity contribution is -0.0400. The van der Waals surface area contributed by atoms with Gasteiger partial charge in [-0.15, -0.1) is 0 Å². The maximum absolute atomic E-state index is 13.9. The molecule has 2 heterocycles. The molecule has 0 spiro atoms. The van der Waals surface area contributed by atoms with Crippen molar-refractivity contribution in [3.8, 4) is 0 Å². The molecule has 2 aromatic rings. The van der Waals surface area contributed by atoms with Crippen LogP contribution in [-0.2, 0) is 4.74 Å². The second-order valence-corrected chi connectivity index (χ2v) is 8.76. The first-order chi connectivity index (χ1) is 15.4. The van der Waals surface area contributed by atoms with Gasteiger partial charge in [0.25, 0.3) is 11.8 Å². The molecule has 4 rings (SSSR count). The quantitative estimate of drug-likeness (QED) is 0.673. The Kier molecular flexibility index (Phi) is 7.30. The summed E-state index contributed by atoms with van der Waals surface area (Å²) in [6.45, 7) is 4.49. The second kappa shape index (κ2) is 10.2. The van der Waals surface area contributed by atoms with Crippen LogP contribution in [-0.4, -0.2) is 85.0 Å². The maximum Gasteiger partial charge on any atom is 0.256 e. The number of carbonyl (C=O) groups excluding carboxylic acids is 2. The minimum atomic E-state index is -0.498. The van der Waals surface area contributed by atoms with Gasteiger partial charge in [-0.3, -0.25) is 14.5 Å². The summed E-state index contributed by atoms with van der Waals surface area (Å²) in [5.41, 5.74) is 0.605. The van der Waals surface area contributed by atoms with Gasteiger partial charge in [0, 0.05) is 51.4 Å². The number of piperazine rings is 1. The van der Waals surface area contributed by atoms with Crippen LogP contribution < -0.4 is 0 Å². The van der Waals surface area contributed by atoms with E-state index in [9.17, 15) is 14.0 Å². The number of amides is 2. The Balaban J connectivity index is 1.29. The highest BCUT2D eigenvalue weighted by Crippen LogP contribution is 2.24. The number of hydrogen-bond donors (Lipinski definition) is 0. The average molecular weight is 480 g/mol. The predicted octanol–water partition coefficient (Wildman–Crippen LogP) is 3.43. The predicted molar refractivity (Wildman–Crippen MR) is 121 cm³/mol. The van der Waals surface area contributed by atoms with Crippen molar-refractivity contribution in [2.24, 2.45) is 0 Å². The van der Waals surface area contributed by atoms with E-state index >= 15 is 0 Å². The lowest BCUT2D eigenvalue weighted by atomic mass is 10.1. The number of carbonyl (C=O) groups is 2. The number of hydrogen-bond acceptors (Lipinski definition) is 4. The summed E-state index contributed by atoms with van der Waals surface area (Å²) in [6.07, 6.45) is -0.121. The number of nitrogens with zero attached hydrogens (tertiary/aromatic N) is 3. The topological polar surface area (TPSA) is 53.1 Å². The molecule has 2 aliphatic rings. The zero-order valence-corrected chi connectivity index (χ0v) is 19.0. The van der Waals surface area contributed by atoms with Crippen LogP contribution in [0.2, 0.25) is 10.0 Å². The van der Waals surface area contributed by atoms with Gasteiger partial charge in [0.2, 0.25) is 0 Å². The summed E-state index contributed by atoms with van der Waals surface area (Å²) in [5, 5.41) is 0.765. The molecule has 1 unspecified atom stereocenters. The Morgan fingerprint density at radius 1 is 0.938 bits per heavy atom. The van der Waals surface area contributed by atoms with Crippen LogP contribution in [0.1, 0.15) is 20.7 Å². The zero-order valence-electron chi connectivity index (χ0n) is 17.5. The third-order valence-corrected chi connectivity index (χ3v) is 6.56. The van der Waals surface area contributed by atoms with Gasteiger partial charge in [0.05, 0.1) is 28.3 Å². The van der Waals surface area contributed by atoms with E-state index in [2.05, 4.69) is 4.90 Å². The van der Waals surface area contributed by atoms with Crippen molar-refractivity contribution in [3.63, 3.8) is 0 Å². The smallest absolute Gasteiger partial charge is 0.256 e. The highest BCUT2D eigenvalue weighted by Gasteiger charge is 2.29. The van der Waals surface area contributed by atoms with Crippen LogP contribution in [0.25, 0.3) is 0 Å². The van der Waals surface area contributed by atoms with Gasteiger partial charge in [-0.1, -0.05) is 35.3 Å². The minimum Gasteiger partial charge on any atom is -0.373 e. The first-order valence-electron chi connectivity index (χ1n) is 10.5. The van der Waals surface area contributed by atoms with E-state index in [0.717, 1.165) is 0 Å². The zero-order chi connectivity index (χ0) is 22.7. The van der Waals surface area contributed by atoms with Gasteiger partial charge < -0.3 is 14.5 Å². The number of benzene rings is 2. The molecule has 2 saturated heterocycles. The molecule has 0 aliphatic carbocycles. The third kappa shape index (κ3) is 5.23. The fourth-order valence-corrected chi connectivity index (χ4v) is 4.35. The molecule has 9 heteroatoms. The highest BCUT2D eigenvalue weighted by molar-refractivity contribution is 6.42. The SMILES string of the molecule is O=C(c1ccc(Cl)c(Cl)c1)N1CCOC(CN2CCN(C(=O)c3ccccc3F)CC2)C1. The molecule has 2 amide bonds. The summed E-state index contributed by atoms with van der Waals surface area (Å²) in [7, 11) is 0. The van der Waals surface area contributed by atoms with Crippen molar-refractivity contribution >= 4 is 35.0 Å². The van der Waals surface area contributed by atoms with Gasteiger partial charge in [0.15, 0.2) is 0 Å². The van der Waals surface area contributed by atoms with E-state index < -0.39 is 5.82 Å². The lowest BCUT2D eigenvalue weighted by Gasteiger charge is -2.39. The first-order valence-corrected chi connectivity index (χ1v) is 11.3. The van der Waals surface area contributed by atoms with E-state index in [4.69, 9.17) is 27.9 Å². The molecule has 1 atom stereocenters. The summed E-state index contributed by atoms with van der Waals surface area (Å²) >= 11 is 12.0. The Morgan fingerprint density at radius 3 is 2.41 bits per heavy atom. The van der Waals surface area contributed by atoms with Gasteiger partial charge in [-0.2, -0.15) is 0 Å². The summed E-state index contributed by atoms with van der Waals surface area (Å²) in [6, 6.07) is 10.9. The van der Waals surface area contributed by atoms with Crippen LogP contribution in [0, 0.1) is 5.82 Å². The van der Waals surface area contributed by atoms with Crippen LogP contribution >= 0.6 is 23.2 Å². The standard InChI is InChI=1S/C23H24Cl2FN3O3/c24-19-6-5-16(13-20(19)25)22(30)29-11-12-32-17(15-29)14-27-7-9-28(10-8-27)23(31)18-3-1-2-4-21(18)26/h1-6,13,17H,7-12,14-15H2. The van der Waals surface area contributed by atoms with Crippen LogP contribution in [0.5, 0.6) is 0 Å². The molecule has 2 aromatic carbocycles. The fraction of sp³-hybridized carbons (Fsp3) is 0.391. The summed E-state index contributed by atoms with van der Waals surface area (Å²) in [4.78, 5) is 31.1. The van der Waals surface area contributed by atoms with Crippen molar-refractivity contribution in [1.82, 2.24) is 14.7 Å². The molecular formula is C23H24Cl2FN3O3. The van der Waals surface area contributed by atoms with E-state index in [-0.39, 0.29) is 23.5 Å². The van der Waals surface area contributed by atoms with Crippen molar-refractivity contribution < 1.29 is 18.7 Å². The summed E-state index contributed by atoms with van der Waals surface area (Å²) < 4.78 is 19.8. The molecular weight excluding hydrogens is 456 g/mol.